The van der Waals surface area contributed by atoms with Crippen LogP contribution in [0.4, 0.5) is 14.9 Å². The third-order valence-electron chi connectivity index (χ3n) is 2.23. The highest BCUT2D eigenvalue weighted by Crippen LogP contribution is 2.24. The van der Waals surface area contributed by atoms with Gasteiger partial charge >= 0.3 is 12.1 Å². The summed E-state index contributed by atoms with van der Waals surface area (Å²) in [7, 11) is 0. The molecule has 1 aliphatic rings. The van der Waals surface area contributed by atoms with Crippen LogP contribution in [0, 0.1) is 5.82 Å². The molecule has 1 aromatic carbocycles. The van der Waals surface area contributed by atoms with Crippen LogP contribution in [0.5, 0.6) is 0 Å². The molecule has 16 heavy (non-hydrogen) atoms. The van der Waals surface area contributed by atoms with Crippen LogP contribution < -0.4 is 4.90 Å². The van der Waals surface area contributed by atoms with Crippen LogP contribution in [-0.2, 0) is 9.53 Å². The van der Waals surface area contributed by atoms with E-state index < -0.39 is 24.0 Å². The first-order valence-electron chi connectivity index (χ1n) is 4.55. The summed E-state index contributed by atoms with van der Waals surface area (Å²) in [5.74, 6) is -1.84. The van der Waals surface area contributed by atoms with E-state index in [1.807, 2.05) is 0 Å². The van der Waals surface area contributed by atoms with Crippen molar-refractivity contribution >= 4 is 17.7 Å². The monoisotopic (exact) mass is 225 g/mol. The Bertz CT molecular complexity index is 448. The molecular formula is C10H8FNO4. The Morgan fingerprint density at radius 2 is 2.19 bits per heavy atom. The van der Waals surface area contributed by atoms with Crippen LogP contribution >= 0.6 is 0 Å². The van der Waals surface area contributed by atoms with Gasteiger partial charge in [0, 0.05) is 0 Å². The van der Waals surface area contributed by atoms with Crippen molar-refractivity contribution in [3.8, 4) is 0 Å². The maximum absolute atomic E-state index is 13.3. The molecule has 0 saturated carbocycles. The number of rotatable bonds is 2. The first kappa shape index (κ1) is 10.4. The fourth-order valence-corrected chi connectivity index (χ4v) is 1.46. The van der Waals surface area contributed by atoms with Gasteiger partial charge in [0.2, 0.25) is 6.10 Å². The number of carboxylic acids is 1. The minimum absolute atomic E-state index is 0.0243. The van der Waals surface area contributed by atoms with Gasteiger partial charge in [0.05, 0.1) is 12.2 Å². The zero-order chi connectivity index (χ0) is 11.7. The van der Waals surface area contributed by atoms with Crippen molar-refractivity contribution in [3.05, 3.63) is 30.1 Å². The summed E-state index contributed by atoms with van der Waals surface area (Å²) < 4.78 is 17.9. The molecule has 1 atom stereocenters. The number of ether oxygens (including phenoxy) is 1. The van der Waals surface area contributed by atoms with Crippen molar-refractivity contribution in [2.75, 3.05) is 11.4 Å². The second kappa shape index (κ2) is 3.80. The summed E-state index contributed by atoms with van der Waals surface area (Å²) in [6, 6.07) is 5.62. The number of carbonyl (C=O) groups is 2. The van der Waals surface area contributed by atoms with Gasteiger partial charge in [-0.1, -0.05) is 12.1 Å². The number of halogens is 1. The Kier molecular flexibility index (Phi) is 2.47. The molecule has 1 heterocycles. The van der Waals surface area contributed by atoms with E-state index in [2.05, 4.69) is 4.74 Å². The van der Waals surface area contributed by atoms with Crippen molar-refractivity contribution in [2.45, 2.75) is 6.10 Å². The molecule has 2 rings (SSSR count). The predicted octanol–water partition coefficient (Wildman–Crippen LogP) is 1.24. The lowest BCUT2D eigenvalue weighted by Gasteiger charge is -2.12. The number of nitrogens with zero attached hydrogens (tertiary/aromatic N) is 1. The van der Waals surface area contributed by atoms with E-state index in [-0.39, 0.29) is 12.2 Å². The normalized spacial score (nSPS) is 19.7. The summed E-state index contributed by atoms with van der Waals surface area (Å²) in [5.41, 5.74) is 0.0243. The van der Waals surface area contributed by atoms with Gasteiger partial charge in [0.1, 0.15) is 5.82 Å². The standard InChI is InChI=1S/C10H8FNO4/c11-6-3-1-2-4-7(6)12-5-8(9(13)14)16-10(12)15/h1-4,8H,5H2,(H,13,14)/t8-/m1/s1. The van der Waals surface area contributed by atoms with E-state index in [1.54, 1.807) is 6.07 Å². The lowest BCUT2D eigenvalue weighted by atomic mass is 10.2. The summed E-state index contributed by atoms with van der Waals surface area (Å²) in [6.07, 6.45) is -2.09. The largest absolute Gasteiger partial charge is 0.478 e. The molecule has 1 fully saturated rings. The Hall–Kier alpha value is -2.11. The van der Waals surface area contributed by atoms with Gasteiger partial charge < -0.3 is 9.84 Å². The maximum Gasteiger partial charge on any atom is 0.415 e. The van der Waals surface area contributed by atoms with Crippen molar-refractivity contribution in [3.63, 3.8) is 0 Å². The summed E-state index contributed by atoms with van der Waals surface area (Å²) in [6.45, 7) is -0.185. The summed E-state index contributed by atoms with van der Waals surface area (Å²) in [4.78, 5) is 22.9. The average Bonchev–Trinajstić information content (AvgIpc) is 2.61. The van der Waals surface area contributed by atoms with Crippen molar-refractivity contribution in [1.29, 1.82) is 0 Å². The number of aliphatic carboxylic acids is 1. The van der Waals surface area contributed by atoms with Crippen LogP contribution in [0.2, 0.25) is 0 Å². The van der Waals surface area contributed by atoms with Crippen LogP contribution in [0.3, 0.4) is 0 Å². The number of benzene rings is 1. The molecule has 0 aliphatic carbocycles. The van der Waals surface area contributed by atoms with E-state index in [1.165, 1.54) is 18.2 Å². The molecule has 1 aliphatic heterocycles. The minimum Gasteiger partial charge on any atom is -0.478 e. The molecule has 1 N–H and O–H groups in total. The number of carboxylic acid groups (broad SMARTS) is 1. The number of hydrogen-bond acceptors (Lipinski definition) is 3. The van der Waals surface area contributed by atoms with Crippen molar-refractivity contribution < 1.29 is 23.8 Å². The maximum atomic E-state index is 13.3. The molecule has 5 nitrogen and oxygen atoms in total. The SMILES string of the molecule is O=C(O)[C@H]1CN(c2ccccc2F)C(=O)O1. The Labute approximate surface area is 90.0 Å². The quantitative estimate of drug-likeness (QED) is 0.822. The molecule has 84 valence electrons. The van der Waals surface area contributed by atoms with Crippen LogP contribution in [-0.4, -0.2) is 29.8 Å². The summed E-state index contributed by atoms with van der Waals surface area (Å²) in [5, 5.41) is 8.67. The average molecular weight is 225 g/mol. The highest BCUT2D eigenvalue weighted by molar-refractivity contribution is 5.93. The predicted molar refractivity (Wildman–Crippen MR) is 51.7 cm³/mol. The molecule has 6 heteroatoms. The van der Waals surface area contributed by atoms with Gasteiger partial charge in [0.25, 0.3) is 0 Å². The number of carbonyl (C=O) groups excluding carboxylic acids is 1. The topological polar surface area (TPSA) is 66.8 Å². The smallest absolute Gasteiger partial charge is 0.415 e. The molecule has 1 amide bonds. The first-order valence-corrected chi connectivity index (χ1v) is 4.55. The molecular weight excluding hydrogens is 217 g/mol. The second-order valence-electron chi connectivity index (χ2n) is 3.27. The van der Waals surface area contributed by atoms with Gasteiger partial charge in [-0.2, -0.15) is 0 Å². The van der Waals surface area contributed by atoms with Gasteiger partial charge in [-0.05, 0) is 12.1 Å². The lowest BCUT2D eigenvalue weighted by molar-refractivity contribution is -0.144. The van der Waals surface area contributed by atoms with E-state index >= 15 is 0 Å². The molecule has 1 saturated heterocycles. The van der Waals surface area contributed by atoms with Gasteiger partial charge in [-0.15, -0.1) is 0 Å². The van der Waals surface area contributed by atoms with Gasteiger partial charge in [0.15, 0.2) is 0 Å². The molecule has 0 aromatic heterocycles. The number of anilines is 1. The number of hydrogen-bond donors (Lipinski definition) is 1. The van der Waals surface area contributed by atoms with Crippen LogP contribution in [0.15, 0.2) is 24.3 Å². The van der Waals surface area contributed by atoms with Crippen LogP contribution in [0.1, 0.15) is 0 Å². The number of amides is 1. The Morgan fingerprint density at radius 3 is 2.75 bits per heavy atom. The Morgan fingerprint density at radius 1 is 1.50 bits per heavy atom. The molecule has 1 aromatic rings. The molecule has 0 spiro atoms. The van der Waals surface area contributed by atoms with E-state index in [4.69, 9.17) is 5.11 Å². The second-order valence-corrected chi connectivity index (χ2v) is 3.27. The lowest BCUT2D eigenvalue weighted by Crippen LogP contribution is -2.28. The third-order valence-corrected chi connectivity index (χ3v) is 2.23. The summed E-state index contributed by atoms with van der Waals surface area (Å²) >= 11 is 0. The van der Waals surface area contributed by atoms with Crippen molar-refractivity contribution in [1.82, 2.24) is 0 Å². The van der Waals surface area contributed by atoms with Crippen molar-refractivity contribution in [2.24, 2.45) is 0 Å². The third kappa shape index (κ3) is 1.69. The Balaban J connectivity index is 2.27. The van der Waals surface area contributed by atoms with Gasteiger partial charge in [-0.3, -0.25) is 4.90 Å². The zero-order valence-electron chi connectivity index (χ0n) is 8.09. The number of para-hydroxylation sites is 1. The minimum atomic E-state index is -1.24. The van der Waals surface area contributed by atoms with Crippen LogP contribution in [0.25, 0.3) is 0 Å². The first-order chi connectivity index (χ1) is 7.59. The van der Waals surface area contributed by atoms with E-state index in [9.17, 15) is 14.0 Å². The van der Waals surface area contributed by atoms with E-state index in [0.29, 0.717) is 0 Å². The molecule has 0 bridgehead atoms. The van der Waals surface area contributed by atoms with E-state index in [0.717, 1.165) is 4.90 Å². The van der Waals surface area contributed by atoms with Gasteiger partial charge in [-0.25, -0.2) is 14.0 Å². The highest BCUT2D eigenvalue weighted by Gasteiger charge is 2.37. The fraction of sp³-hybridized carbons (Fsp3) is 0.200. The fourth-order valence-electron chi connectivity index (χ4n) is 1.46. The molecule has 0 radical (unpaired) electrons. The number of cyclic esters (lactones) is 1. The molecule has 0 unspecified atom stereocenters. The highest BCUT2D eigenvalue weighted by atomic mass is 19.1. The zero-order valence-corrected chi connectivity index (χ0v) is 8.09.